The second kappa shape index (κ2) is 5.16. The smallest absolute Gasteiger partial charge is 0.227 e. The quantitative estimate of drug-likeness (QED) is 0.854. The fourth-order valence-corrected chi connectivity index (χ4v) is 2.07. The molecule has 98 valence electrons. The molecule has 1 amide bonds. The van der Waals surface area contributed by atoms with Crippen LogP contribution in [0.1, 0.15) is 18.4 Å². The van der Waals surface area contributed by atoms with Crippen LogP contribution in [0.25, 0.3) is 0 Å². The molecular weight excluding hydrogens is 252 g/mol. The molecule has 2 rings (SSSR count). The molecule has 1 aromatic carbocycles. The maximum Gasteiger partial charge on any atom is 0.227 e. The lowest BCUT2D eigenvalue weighted by atomic mass is 10.1. The van der Waals surface area contributed by atoms with Crippen molar-refractivity contribution < 1.29 is 9.53 Å². The number of benzene rings is 1. The Morgan fingerprint density at radius 3 is 2.78 bits per heavy atom. The van der Waals surface area contributed by atoms with Gasteiger partial charge in [0.2, 0.25) is 5.91 Å². The van der Waals surface area contributed by atoms with Gasteiger partial charge in [0.25, 0.3) is 0 Å². The molecule has 5 heteroatoms. The van der Waals surface area contributed by atoms with Crippen molar-refractivity contribution in [3.05, 3.63) is 28.8 Å². The normalized spacial score (nSPS) is 16.2. The van der Waals surface area contributed by atoms with E-state index < -0.39 is 0 Å². The van der Waals surface area contributed by atoms with Crippen LogP contribution in [0, 0.1) is 5.41 Å². The van der Waals surface area contributed by atoms with Crippen molar-refractivity contribution in [1.82, 2.24) is 5.32 Å². The average molecular weight is 269 g/mol. The molecule has 1 aromatic rings. The molecule has 18 heavy (non-hydrogen) atoms. The number of carbonyl (C=O) groups is 1. The number of amides is 1. The van der Waals surface area contributed by atoms with Crippen molar-refractivity contribution in [2.24, 2.45) is 11.1 Å². The highest BCUT2D eigenvalue weighted by molar-refractivity contribution is 6.31. The molecule has 0 saturated heterocycles. The molecule has 1 aliphatic carbocycles. The molecule has 0 aromatic heterocycles. The van der Waals surface area contributed by atoms with E-state index in [1.54, 1.807) is 13.2 Å². The molecule has 0 atom stereocenters. The molecule has 0 spiro atoms. The second-order valence-electron chi connectivity index (χ2n) is 4.62. The maximum absolute atomic E-state index is 11.9. The SMILES string of the molecule is COc1ccc(CNC(=O)C2(CN)CC2)c(Cl)c1. The number of nitrogens with two attached hydrogens (primary N) is 1. The maximum atomic E-state index is 11.9. The Hall–Kier alpha value is -1.26. The second-order valence-corrected chi connectivity index (χ2v) is 5.03. The Bertz CT molecular complexity index is 458. The fraction of sp³-hybridized carbons (Fsp3) is 0.462. The first kappa shape index (κ1) is 13.2. The van der Waals surface area contributed by atoms with E-state index in [0.29, 0.717) is 23.9 Å². The van der Waals surface area contributed by atoms with Gasteiger partial charge in [-0.2, -0.15) is 0 Å². The highest BCUT2D eigenvalue weighted by atomic mass is 35.5. The lowest BCUT2D eigenvalue weighted by molar-refractivity contribution is -0.126. The number of halogens is 1. The van der Waals surface area contributed by atoms with E-state index in [2.05, 4.69) is 5.32 Å². The Morgan fingerprint density at radius 1 is 1.56 bits per heavy atom. The summed E-state index contributed by atoms with van der Waals surface area (Å²) in [5, 5.41) is 3.48. The number of hydrogen-bond acceptors (Lipinski definition) is 3. The summed E-state index contributed by atoms with van der Waals surface area (Å²) in [5.41, 5.74) is 6.16. The molecule has 0 bridgehead atoms. The number of rotatable bonds is 5. The first-order chi connectivity index (χ1) is 8.61. The van der Waals surface area contributed by atoms with Crippen molar-refractivity contribution >= 4 is 17.5 Å². The topological polar surface area (TPSA) is 64.3 Å². The van der Waals surface area contributed by atoms with Crippen LogP contribution >= 0.6 is 11.6 Å². The molecule has 1 fully saturated rings. The fourth-order valence-electron chi connectivity index (χ4n) is 1.84. The summed E-state index contributed by atoms with van der Waals surface area (Å²) in [6.07, 6.45) is 1.76. The van der Waals surface area contributed by atoms with Gasteiger partial charge in [0.1, 0.15) is 5.75 Å². The first-order valence-corrected chi connectivity index (χ1v) is 6.30. The minimum atomic E-state index is -0.320. The van der Waals surface area contributed by atoms with Gasteiger partial charge in [-0.1, -0.05) is 17.7 Å². The van der Waals surface area contributed by atoms with Crippen LogP contribution in [0.5, 0.6) is 5.75 Å². The zero-order valence-corrected chi connectivity index (χ0v) is 11.1. The molecule has 0 aliphatic heterocycles. The zero-order chi connectivity index (χ0) is 13.2. The molecule has 1 aliphatic rings. The number of methoxy groups -OCH3 is 1. The van der Waals surface area contributed by atoms with E-state index in [4.69, 9.17) is 22.1 Å². The third-order valence-corrected chi connectivity index (χ3v) is 3.78. The summed E-state index contributed by atoms with van der Waals surface area (Å²) in [6, 6.07) is 5.41. The lowest BCUT2D eigenvalue weighted by Crippen LogP contribution is -2.36. The van der Waals surface area contributed by atoms with E-state index in [1.165, 1.54) is 0 Å². The van der Waals surface area contributed by atoms with Crippen molar-refractivity contribution in [3.63, 3.8) is 0 Å². The van der Waals surface area contributed by atoms with Crippen LogP contribution in [0.15, 0.2) is 18.2 Å². The molecule has 4 nitrogen and oxygen atoms in total. The molecule has 0 heterocycles. The van der Waals surface area contributed by atoms with Gasteiger partial charge in [0, 0.05) is 18.1 Å². The largest absolute Gasteiger partial charge is 0.497 e. The monoisotopic (exact) mass is 268 g/mol. The minimum Gasteiger partial charge on any atom is -0.497 e. The van der Waals surface area contributed by atoms with E-state index in [-0.39, 0.29) is 11.3 Å². The van der Waals surface area contributed by atoms with Crippen molar-refractivity contribution in [2.45, 2.75) is 19.4 Å². The molecule has 1 saturated carbocycles. The number of carbonyl (C=O) groups excluding carboxylic acids is 1. The summed E-state index contributed by atoms with van der Waals surface area (Å²) in [6.45, 7) is 0.832. The zero-order valence-electron chi connectivity index (χ0n) is 10.3. The van der Waals surface area contributed by atoms with Gasteiger partial charge in [0.15, 0.2) is 0 Å². The Kier molecular flexibility index (Phi) is 3.78. The van der Waals surface area contributed by atoms with Crippen LogP contribution in [0.3, 0.4) is 0 Å². The van der Waals surface area contributed by atoms with E-state index >= 15 is 0 Å². The third kappa shape index (κ3) is 2.60. The van der Waals surface area contributed by atoms with Crippen LogP contribution < -0.4 is 15.8 Å². The summed E-state index contributed by atoms with van der Waals surface area (Å²) >= 11 is 6.10. The molecule has 3 N–H and O–H groups in total. The van der Waals surface area contributed by atoms with Gasteiger partial charge in [-0.3, -0.25) is 4.79 Å². The van der Waals surface area contributed by atoms with Gasteiger partial charge in [-0.15, -0.1) is 0 Å². The van der Waals surface area contributed by atoms with Gasteiger partial charge < -0.3 is 15.8 Å². The number of hydrogen-bond donors (Lipinski definition) is 2. The van der Waals surface area contributed by atoms with Gasteiger partial charge in [0.05, 0.1) is 12.5 Å². The Morgan fingerprint density at radius 2 is 2.28 bits per heavy atom. The Balaban J connectivity index is 1.96. The third-order valence-electron chi connectivity index (χ3n) is 3.43. The summed E-state index contributed by atoms with van der Waals surface area (Å²) < 4.78 is 5.07. The van der Waals surface area contributed by atoms with E-state index in [9.17, 15) is 4.79 Å². The van der Waals surface area contributed by atoms with E-state index in [0.717, 1.165) is 18.4 Å². The number of ether oxygens (including phenoxy) is 1. The average Bonchev–Trinajstić information content (AvgIpc) is 3.18. The van der Waals surface area contributed by atoms with Crippen LogP contribution in [-0.2, 0) is 11.3 Å². The lowest BCUT2D eigenvalue weighted by Gasteiger charge is -2.13. The number of nitrogens with one attached hydrogen (secondary N) is 1. The molecule has 0 radical (unpaired) electrons. The van der Waals surface area contributed by atoms with Crippen molar-refractivity contribution in [3.8, 4) is 5.75 Å². The standard InChI is InChI=1S/C13H17ClN2O2/c1-18-10-3-2-9(11(14)6-10)7-16-12(17)13(8-15)4-5-13/h2-3,6H,4-5,7-8,15H2,1H3,(H,16,17). The predicted octanol–water partition coefficient (Wildman–Crippen LogP) is 1.70. The molecule has 0 unspecified atom stereocenters. The summed E-state index contributed by atoms with van der Waals surface area (Å²) in [7, 11) is 1.59. The predicted molar refractivity (Wildman–Crippen MR) is 70.6 cm³/mol. The highest BCUT2D eigenvalue weighted by Gasteiger charge is 2.48. The van der Waals surface area contributed by atoms with E-state index in [1.807, 2.05) is 12.1 Å². The first-order valence-electron chi connectivity index (χ1n) is 5.92. The summed E-state index contributed by atoms with van der Waals surface area (Å²) in [5.74, 6) is 0.729. The highest BCUT2D eigenvalue weighted by Crippen LogP contribution is 2.44. The van der Waals surface area contributed by atoms with Gasteiger partial charge in [-0.05, 0) is 30.5 Å². The molecular formula is C13H17ClN2O2. The van der Waals surface area contributed by atoms with Gasteiger partial charge >= 0.3 is 0 Å². The van der Waals surface area contributed by atoms with Crippen molar-refractivity contribution in [2.75, 3.05) is 13.7 Å². The Labute approximate surface area is 111 Å². The van der Waals surface area contributed by atoms with Gasteiger partial charge in [-0.25, -0.2) is 0 Å². The van der Waals surface area contributed by atoms with Crippen LogP contribution in [0.4, 0.5) is 0 Å². The summed E-state index contributed by atoms with van der Waals surface area (Å²) in [4.78, 5) is 11.9. The van der Waals surface area contributed by atoms with Crippen molar-refractivity contribution in [1.29, 1.82) is 0 Å². The van der Waals surface area contributed by atoms with Crippen LogP contribution in [0.2, 0.25) is 5.02 Å². The minimum absolute atomic E-state index is 0.0249. The van der Waals surface area contributed by atoms with Crippen LogP contribution in [-0.4, -0.2) is 19.6 Å².